The third kappa shape index (κ3) is 4.95. The van der Waals surface area contributed by atoms with Crippen molar-refractivity contribution in [3.05, 3.63) is 60.3 Å². The van der Waals surface area contributed by atoms with E-state index in [0.717, 1.165) is 38.5 Å². The molecule has 1 saturated heterocycles. The smallest absolute Gasteiger partial charge is 0.318 e. The van der Waals surface area contributed by atoms with E-state index in [1.54, 1.807) is 11.0 Å². The molecule has 172 valence electrons. The van der Waals surface area contributed by atoms with Crippen LogP contribution in [0.15, 0.2) is 54.8 Å². The van der Waals surface area contributed by atoms with Gasteiger partial charge in [0.2, 0.25) is 11.8 Å². The quantitative estimate of drug-likeness (QED) is 0.343. The van der Waals surface area contributed by atoms with Crippen LogP contribution in [0, 0.1) is 11.3 Å². The van der Waals surface area contributed by atoms with E-state index < -0.39 is 17.3 Å². The van der Waals surface area contributed by atoms with Crippen molar-refractivity contribution in [3.8, 4) is 0 Å². The number of nitrogens with one attached hydrogen (secondary N) is 1. The SMILES string of the molecule is C=CCN1C(=O)[C@@H](CC(=O)NCCCCc2ccccc2)[C@]2(C(=O)OC)CCCCC=C12. The molecule has 1 aliphatic heterocycles. The second-order valence-electron chi connectivity index (χ2n) is 8.58. The van der Waals surface area contributed by atoms with Gasteiger partial charge < -0.3 is 15.0 Å². The van der Waals surface area contributed by atoms with E-state index in [4.69, 9.17) is 4.74 Å². The van der Waals surface area contributed by atoms with Gasteiger partial charge in [-0.3, -0.25) is 14.4 Å². The number of aryl methyl sites for hydroxylation is 1. The van der Waals surface area contributed by atoms with Gasteiger partial charge in [-0.2, -0.15) is 0 Å². The second-order valence-corrected chi connectivity index (χ2v) is 8.58. The van der Waals surface area contributed by atoms with Crippen LogP contribution < -0.4 is 5.32 Å². The topological polar surface area (TPSA) is 75.7 Å². The molecule has 2 atom stereocenters. The zero-order chi connectivity index (χ0) is 23.0. The first-order chi connectivity index (χ1) is 15.5. The van der Waals surface area contributed by atoms with Crippen LogP contribution in [0.25, 0.3) is 0 Å². The first kappa shape index (κ1) is 23.8. The number of allylic oxidation sites excluding steroid dienone is 1. The predicted octanol–water partition coefficient (Wildman–Crippen LogP) is 3.78. The fourth-order valence-corrected chi connectivity index (χ4v) is 5.01. The van der Waals surface area contributed by atoms with Crippen molar-refractivity contribution < 1.29 is 19.1 Å². The molecule has 1 aromatic carbocycles. The minimum absolute atomic E-state index is 0.0163. The number of likely N-dealkylation sites (tertiary alicyclic amines) is 1. The third-order valence-corrected chi connectivity index (χ3v) is 6.58. The van der Waals surface area contributed by atoms with E-state index in [-0.39, 0.29) is 18.2 Å². The number of unbranched alkanes of at least 4 members (excludes halogenated alkanes) is 1. The van der Waals surface area contributed by atoms with Gasteiger partial charge in [0, 0.05) is 25.2 Å². The van der Waals surface area contributed by atoms with Crippen molar-refractivity contribution >= 4 is 17.8 Å². The standard InChI is InChI=1S/C26H34N2O4/c1-3-18-28-22-15-8-5-10-16-26(22,25(31)32-2)21(24(28)30)19-23(29)27-17-11-9-14-20-12-6-4-7-13-20/h3-4,6-7,12-13,15,21H,1,5,8-11,14,16-19H2,2H3,(H,27,29)/t21-,26-/m1/s1. The van der Waals surface area contributed by atoms with Crippen molar-refractivity contribution in [2.45, 2.75) is 51.4 Å². The van der Waals surface area contributed by atoms with Crippen LogP contribution in [-0.4, -0.2) is 42.9 Å². The number of carbonyl (C=O) groups excluding carboxylic acids is 3. The van der Waals surface area contributed by atoms with Crippen LogP contribution in [0.3, 0.4) is 0 Å². The molecule has 2 aliphatic rings. The van der Waals surface area contributed by atoms with Gasteiger partial charge in [-0.1, -0.05) is 48.9 Å². The summed E-state index contributed by atoms with van der Waals surface area (Å²) >= 11 is 0. The monoisotopic (exact) mass is 438 g/mol. The summed E-state index contributed by atoms with van der Waals surface area (Å²) in [6.07, 6.45) is 9.48. The maximum Gasteiger partial charge on any atom is 0.318 e. The van der Waals surface area contributed by atoms with E-state index >= 15 is 0 Å². The largest absolute Gasteiger partial charge is 0.468 e. The maximum absolute atomic E-state index is 13.3. The lowest BCUT2D eigenvalue weighted by Gasteiger charge is -2.31. The lowest BCUT2D eigenvalue weighted by molar-refractivity contribution is -0.155. The van der Waals surface area contributed by atoms with Crippen LogP contribution in [0.1, 0.15) is 50.5 Å². The van der Waals surface area contributed by atoms with E-state index in [9.17, 15) is 14.4 Å². The molecule has 1 heterocycles. The molecule has 0 saturated carbocycles. The molecule has 0 radical (unpaired) electrons. The molecule has 1 N–H and O–H groups in total. The normalized spacial score (nSPS) is 22.5. The van der Waals surface area contributed by atoms with E-state index in [1.807, 2.05) is 24.3 Å². The Morgan fingerprint density at radius 2 is 2.03 bits per heavy atom. The van der Waals surface area contributed by atoms with Gasteiger partial charge in [0.15, 0.2) is 0 Å². The molecule has 0 spiro atoms. The van der Waals surface area contributed by atoms with Crippen molar-refractivity contribution in [1.82, 2.24) is 10.2 Å². The maximum atomic E-state index is 13.3. The number of rotatable bonds is 10. The number of amides is 2. The van der Waals surface area contributed by atoms with Gasteiger partial charge in [-0.25, -0.2) is 0 Å². The van der Waals surface area contributed by atoms with E-state index in [0.29, 0.717) is 25.2 Å². The minimum atomic E-state index is -1.09. The molecule has 6 heteroatoms. The number of benzene rings is 1. The molecule has 1 aromatic rings. The molecule has 32 heavy (non-hydrogen) atoms. The summed E-state index contributed by atoms with van der Waals surface area (Å²) in [5, 5.41) is 2.95. The van der Waals surface area contributed by atoms with Crippen LogP contribution >= 0.6 is 0 Å². The van der Waals surface area contributed by atoms with Gasteiger partial charge >= 0.3 is 5.97 Å². The summed E-state index contributed by atoms with van der Waals surface area (Å²) in [5.41, 5.74) is 0.883. The molecule has 0 unspecified atom stereocenters. The Balaban J connectivity index is 1.66. The lowest BCUT2D eigenvalue weighted by atomic mass is 9.71. The van der Waals surface area contributed by atoms with Crippen molar-refractivity contribution in [2.75, 3.05) is 20.2 Å². The fourth-order valence-electron chi connectivity index (χ4n) is 5.01. The summed E-state index contributed by atoms with van der Waals surface area (Å²) in [5.74, 6) is -1.56. The van der Waals surface area contributed by atoms with Crippen molar-refractivity contribution in [3.63, 3.8) is 0 Å². The average Bonchev–Trinajstić information content (AvgIpc) is 2.94. The molecule has 0 bridgehead atoms. The number of esters is 1. The highest BCUT2D eigenvalue weighted by Crippen LogP contribution is 2.52. The lowest BCUT2D eigenvalue weighted by Crippen LogP contribution is -2.41. The molecular formula is C26H34N2O4. The molecule has 2 amide bonds. The first-order valence-electron chi connectivity index (χ1n) is 11.6. The summed E-state index contributed by atoms with van der Waals surface area (Å²) in [4.78, 5) is 40.8. The summed E-state index contributed by atoms with van der Waals surface area (Å²) in [7, 11) is 1.35. The van der Waals surface area contributed by atoms with Crippen LogP contribution in [0.4, 0.5) is 0 Å². The highest BCUT2D eigenvalue weighted by molar-refractivity contribution is 5.98. The van der Waals surface area contributed by atoms with Gasteiger partial charge in [0.1, 0.15) is 5.41 Å². The Morgan fingerprint density at radius 1 is 1.25 bits per heavy atom. The molecule has 3 rings (SSSR count). The summed E-state index contributed by atoms with van der Waals surface area (Å²) in [6, 6.07) is 10.3. The Bertz CT molecular complexity index is 864. The Labute approximate surface area is 190 Å². The van der Waals surface area contributed by atoms with E-state index in [2.05, 4.69) is 24.0 Å². The molecule has 0 aromatic heterocycles. The second kappa shape index (κ2) is 11.1. The highest BCUT2D eigenvalue weighted by atomic mass is 16.5. The summed E-state index contributed by atoms with van der Waals surface area (Å²) < 4.78 is 5.18. The zero-order valence-corrected chi connectivity index (χ0v) is 19.0. The Kier molecular flexibility index (Phi) is 8.26. The number of methoxy groups -OCH3 is 1. The molecule has 1 fully saturated rings. The Morgan fingerprint density at radius 3 is 2.75 bits per heavy atom. The molecule has 6 nitrogen and oxygen atoms in total. The number of nitrogens with zero attached hydrogens (tertiary/aromatic N) is 1. The van der Waals surface area contributed by atoms with Gasteiger partial charge in [0.25, 0.3) is 0 Å². The summed E-state index contributed by atoms with van der Waals surface area (Å²) in [6.45, 7) is 4.63. The molecular weight excluding hydrogens is 404 g/mol. The van der Waals surface area contributed by atoms with Crippen LogP contribution in [0.2, 0.25) is 0 Å². The van der Waals surface area contributed by atoms with Crippen LogP contribution in [0.5, 0.6) is 0 Å². The van der Waals surface area contributed by atoms with Gasteiger partial charge in [-0.05, 0) is 44.1 Å². The third-order valence-electron chi connectivity index (χ3n) is 6.58. The number of hydrogen-bond donors (Lipinski definition) is 1. The average molecular weight is 439 g/mol. The zero-order valence-electron chi connectivity index (χ0n) is 19.0. The van der Waals surface area contributed by atoms with E-state index in [1.165, 1.54) is 12.7 Å². The predicted molar refractivity (Wildman–Crippen MR) is 123 cm³/mol. The molecule has 1 aliphatic carbocycles. The van der Waals surface area contributed by atoms with Crippen molar-refractivity contribution in [1.29, 1.82) is 0 Å². The van der Waals surface area contributed by atoms with Gasteiger partial charge in [-0.15, -0.1) is 6.58 Å². The van der Waals surface area contributed by atoms with Crippen LogP contribution in [-0.2, 0) is 25.5 Å². The number of hydrogen-bond acceptors (Lipinski definition) is 4. The first-order valence-corrected chi connectivity index (χ1v) is 11.6. The number of fused-ring (bicyclic) bond motifs is 1. The minimum Gasteiger partial charge on any atom is -0.468 e. The fraction of sp³-hybridized carbons (Fsp3) is 0.500. The Hall–Kier alpha value is -2.89. The highest BCUT2D eigenvalue weighted by Gasteiger charge is 2.61. The van der Waals surface area contributed by atoms with Crippen molar-refractivity contribution in [2.24, 2.45) is 11.3 Å². The number of carbonyl (C=O) groups is 3. The van der Waals surface area contributed by atoms with Gasteiger partial charge in [0.05, 0.1) is 13.0 Å². The number of ether oxygens (including phenoxy) is 1.